The molecule has 3 N–H and O–H groups in total. The summed E-state index contributed by atoms with van der Waals surface area (Å²) in [5, 5.41) is 5.96. The van der Waals surface area contributed by atoms with E-state index < -0.39 is 18.0 Å². The Labute approximate surface area is 172 Å². The van der Waals surface area contributed by atoms with Gasteiger partial charge in [0, 0.05) is 12.5 Å². The maximum absolute atomic E-state index is 12.9. The SMILES string of the molecule is CNCC(C)C(=O)NC(c1ccccc1)c1ccc2nc(C(F)(F)F)[nH]c2c1.Cl. The first-order valence-electron chi connectivity index (χ1n) is 8.86. The van der Waals surface area contributed by atoms with Crippen molar-refractivity contribution in [2.24, 2.45) is 5.92 Å². The van der Waals surface area contributed by atoms with Crippen LogP contribution in [0.2, 0.25) is 0 Å². The van der Waals surface area contributed by atoms with E-state index in [1.807, 2.05) is 37.3 Å². The maximum Gasteiger partial charge on any atom is 0.449 e. The lowest BCUT2D eigenvalue weighted by Crippen LogP contribution is -2.37. The van der Waals surface area contributed by atoms with E-state index in [-0.39, 0.29) is 35.3 Å². The molecule has 2 unspecified atom stereocenters. The van der Waals surface area contributed by atoms with Crippen molar-refractivity contribution in [3.05, 3.63) is 65.5 Å². The van der Waals surface area contributed by atoms with Gasteiger partial charge in [0.15, 0.2) is 0 Å². The number of nitrogens with one attached hydrogen (secondary N) is 3. The summed E-state index contributed by atoms with van der Waals surface area (Å²) >= 11 is 0. The molecule has 0 saturated heterocycles. The molecule has 29 heavy (non-hydrogen) atoms. The highest BCUT2D eigenvalue weighted by atomic mass is 35.5. The zero-order valence-electron chi connectivity index (χ0n) is 15.9. The van der Waals surface area contributed by atoms with Gasteiger partial charge in [0.25, 0.3) is 0 Å². The number of aromatic nitrogens is 2. The third kappa shape index (κ3) is 5.27. The Kier molecular flexibility index (Phi) is 7.26. The van der Waals surface area contributed by atoms with Crippen molar-refractivity contribution in [2.75, 3.05) is 13.6 Å². The van der Waals surface area contributed by atoms with Crippen molar-refractivity contribution in [2.45, 2.75) is 19.1 Å². The van der Waals surface area contributed by atoms with Crippen molar-refractivity contribution in [1.29, 1.82) is 0 Å². The molecular formula is C20H22ClF3N4O. The molecule has 0 radical (unpaired) electrons. The zero-order chi connectivity index (χ0) is 20.3. The van der Waals surface area contributed by atoms with E-state index >= 15 is 0 Å². The summed E-state index contributed by atoms with van der Waals surface area (Å²) in [5.41, 5.74) is 1.99. The van der Waals surface area contributed by atoms with Crippen LogP contribution in [0.4, 0.5) is 13.2 Å². The number of hydrogen-bond acceptors (Lipinski definition) is 3. The second kappa shape index (κ2) is 9.28. The molecule has 3 aromatic rings. The van der Waals surface area contributed by atoms with Gasteiger partial charge in [-0.2, -0.15) is 13.2 Å². The van der Waals surface area contributed by atoms with E-state index in [0.717, 1.165) is 5.56 Å². The molecule has 2 atom stereocenters. The molecule has 1 amide bonds. The van der Waals surface area contributed by atoms with E-state index in [9.17, 15) is 18.0 Å². The fourth-order valence-electron chi connectivity index (χ4n) is 3.03. The lowest BCUT2D eigenvalue weighted by Gasteiger charge is -2.22. The van der Waals surface area contributed by atoms with Gasteiger partial charge < -0.3 is 15.6 Å². The standard InChI is InChI=1S/C20H21F3N4O.ClH/c1-12(11-24-2)18(28)27-17(13-6-4-3-5-7-13)14-8-9-15-16(10-14)26-19(25-15)20(21,22)23;/h3-10,12,17,24H,11H2,1-2H3,(H,25,26)(H,27,28);1H. The van der Waals surface area contributed by atoms with Gasteiger partial charge in [-0.1, -0.05) is 43.3 Å². The number of carbonyl (C=O) groups excluding carboxylic acids is 1. The molecule has 0 aliphatic rings. The number of hydrogen-bond donors (Lipinski definition) is 3. The highest BCUT2D eigenvalue weighted by Gasteiger charge is 2.34. The van der Waals surface area contributed by atoms with Crippen molar-refractivity contribution < 1.29 is 18.0 Å². The number of rotatable bonds is 6. The molecule has 0 fully saturated rings. The summed E-state index contributed by atoms with van der Waals surface area (Å²) in [6.07, 6.45) is -4.55. The molecule has 1 aromatic heterocycles. The molecule has 1 heterocycles. The zero-order valence-corrected chi connectivity index (χ0v) is 16.7. The van der Waals surface area contributed by atoms with Crippen LogP contribution in [-0.2, 0) is 11.0 Å². The van der Waals surface area contributed by atoms with Crippen molar-refractivity contribution in [3.8, 4) is 0 Å². The van der Waals surface area contributed by atoms with Crippen LogP contribution >= 0.6 is 12.4 Å². The summed E-state index contributed by atoms with van der Waals surface area (Å²) in [5.74, 6) is -1.45. The second-order valence-electron chi connectivity index (χ2n) is 6.67. The minimum Gasteiger partial charge on any atom is -0.345 e. The van der Waals surface area contributed by atoms with Crippen LogP contribution in [0, 0.1) is 5.92 Å². The molecule has 0 aliphatic heterocycles. The first-order valence-corrected chi connectivity index (χ1v) is 8.86. The minimum absolute atomic E-state index is 0. The highest BCUT2D eigenvalue weighted by Crippen LogP contribution is 2.30. The maximum atomic E-state index is 12.9. The second-order valence-corrected chi connectivity index (χ2v) is 6.67. The molecule has 0 bridgehead atoms. The normalized spacial score (nSPS) is 13.6. The summed E-state index contributed by atoms with van der Waals surface area (Å²) in [4.78, 5) is 18.5. The number of carbonyl (C=O) groups is 1. The number of H-pyrrole nitrogens is 1. The first kappa shape index (κ1) is 22.7. The number of imidazole rings is 1. The van der Waals surface area contributed by atoms with E-state index in [0.29, 0.717) is 12.1 Å². The summed E-state index contributed by atoms with van der Waals surface area (Å²) < 4.78 is 38.8. The molecule has 0 spiro atoms. The Morgan fingerprint density at radius 1 is 1.14 bits per heavy atom. The van der Waals surface area contributed by atoms with E-state index in [1.54, 1.807) is 19.2 Å². The molecule has 156 valence electrons. The highest BCUT2D eigenvalue weighted by molar-refractivity contribution is 5.85. The van der Waals surface area contributed by atoms with Gasteiger partial charge in [-0.15, -0.1) is 12.4 Å². The lowest BCUT2D eigenvalue weighted by molar-refractivity contribution is -0.144. The van der Waals surface area contributed by atoms with Crippen molar-refractivity contribution in [3.63, 3.8) is 0 Å². The lowest BCUT2D eigenvalue weighted by atomic mass is 9.97. The molecular weight excluding hydrogens is 405 g/mol. The van der Waals surface area contributed by atoms with Crippen LogP contribution < -0.4 is 10.6 Å². The first-order chi connectivity index (χ1) is 13.3. The number of halogens is 4. The monoisotopic (exact) mass is 426 g/mol. The molecule has 9 heteroatoms. The number of amides is 1. The van der Waals surface area contributed by atoms with Crippen molar-refractivity contribution in [1.82, 2.24) is 20.6 Å². The summed E-state index contributed by atoms with van der Waals surface area (Å²) in [6, 6.07) is 13.6. The van der Waals surface area contributed by atoms with Gasteiger partial charge in [0.1, 0.15) is 0 Å². The van der Waals surface area contributed by atoms with Crippen LogP contribution in [0.1, 0.15) is 29.9 Å². The van der Waals surface area contributed by atoms with Gasteiger partial charge in [-0.25, -0.2) is 4.98 Å². The molecule has 2 aromatic carbocycles. The van der Waals surface area contributed by atoms with E-state index in [4.69, 9.17) is 0 Å². The van der Waals surface area contributed by atoms with Crippen LogP contribution in [0.5, 0.6) is 0 Å². The quantitative estimate of drug-likeness (QED) is 0.556. The van der Waals surface area contributed by atoms with Gasteiger partial charge in [-0.3, -0.25) is 4.79 Å². The number of benzene rings is 2. The van der Waals surface area contributed by atoms with Crippen molar-refractivity contribution >= 4 is 29.3 Å². The van der Waals surface area contributed by atoms with Gasteiger partial charge >= 0.3 is 6.18 Å². The van der Waals surface area contributed by atoms with Crippen LogP contribution in [0.25, 0.3) is 11.0 Å². The average Bonchev–Trinajstić information content (AvgIpc) is 3.10. The fraction of sp³-hybridized carbons (Fsp3) is 0.300. The van der Waals surface area contributed by atoms with E-state index in [1.165, 1.54) is 6.07 Å². The van der Waals surface area contributed by atoms with Gasteiger partial charge in [0.05, 0.1) is 17.1 Å². The van der Waals surface area contributed by atoms with Gasteiger partial charge in [0.2, 0.25) is 11.7 Å². The topological polar surface area (TPSA) is 69.8 Å². The predicted molar refractivity (Wildman–Crippen MR) is 108 cm³/mol. The largest absolute Gasteiger partial charge is 0.449 e. The van der Waals surface area contributed by atoms with Crippen LogP contribution in [0.3, 0.4) is 0 Å². The number of fused-ring (bicyclic) bond motifs is 1. The van der Waals surface area contributed by atoms with Crippen LogP contribution in [-0.4, -0.2) is 29.5 Å². The third-order valence-electron chi connectivity index (χ3n) is 4.49. The molecule has 5 nitrogen and oxygen atoms in total. The Bertz CT molecular complexity index is 959. The predicted octanol–water partition coefficient (Wildman–Crippen LogP) is 4.06. The number of nitrogens with zero attached hydrogens (tertiary/aromatic N) is 1. The Morgan fingerprint density at radius 2 is 1.83 bits per heavy atom. The summed E-state index contributed by atoms with van der Waals surface area (Å²) in [7, 11) is 1.77. The Morgan fingerprint density at radius 3 is 2.45 bits per heavy atom. The Hall–Kier alpha value is -2.58. The third-order valence-corrected chi connectivity index (χ3v) is 4.49. The molecule has 3 rings (SSSR count). The average molecular weight is 427 g/mol. The fourth-order valence-corrected chi connectivity index (χ4v) is 3.03. The smallest absolute Gasteiger partial charge is 0.345 e. The van der Waals surface area contributed by atoms with Gasteiger partial charge in [-0.05, 0) is 30.3 Å². The number of aromatic amines is 1. The van der Waals surface area contributed by atoms with Crippen LogP contribution in [0.15, 0.2) is 48.5 Å². The minimum atomic E-state index is -4.55. The Balaban J connectivity index is 0.00000300. The molecule has 0 aliphatic carbocycles. The van der Waals surface area contributed by atoms with E-state index in [2.05, 4.69) is 20.6 Å². The molecule has 0 saturated carbocycles. The summed E-state index contributed by atoms with van der Waals surface area (Å²) in [6.45, 7) is 2.32. The number of alkyl halides is 3.